The summed E-state index contributed by atoms with van der Waals surface area (Å²) in [7, 11) is -0.247. The van der Waals surface area contributed by atoms with Gasteiger partial charge in [-0.05, 0) is 12.1 Å². The van der Waals surface area contributed by atoms with Crippen LogP contribution in [-0.2, 0) is 10.0 Å². The van der Waals surface area contributed by atoms with Gasteiger partial charge in [-0.1, -0.05) is 29.9 Å². The number of benzene rings is 1. The number of nitrogens with zero attached hydrogens (tertiary/aromatic N) is 1. The Morgan fingerprint density at radius 3 is 2.63 bits per heavy atom. The van der Waals surface area contributed by atoms with E-state index in [2.05, 4.69) is 5.32 Å². The van der Waals surface area contributed by atoms with Crippen LogP contribution in [0.1, 0.15) is 5.56 Å². The van der Waals surface area contributed by atoms with E-state index in [9.17, 15) is 8.42 Å². The third-order valence-corrected chi connectivity index (χ3v) is 4.84. The zero-order chi connectivity index (χ0) is 14.6. The Bertz CT molecular complexity index is 573. The normalized spacial score (nSPS) is 11.6. The van der Waals surface area contributed by atoms with Gasteiger partial charge in [0, 0.05) is 26.3 Å². The van der Waals surface area contributed by atoms with Crippen LogP contribution in [-0.4, -0.2) is 44.1 Å². The molecule has 0 aliphatic carbocycles. The second-order valence-electron chi connectivity index (χ2n) is 4.05. The van der Waals surface area contributed by atoms with Crippen LogP contribution in [0.3, 0.4) is 0 Å². The van der Waals surface area contributed by atoms with Crippen LogP contribution in [0.5, 0.6) is 0 Å². The molecule has 0 unspecified atom stereocenters. The number of hydrogen-bond acceptors (Lipinski definition) is 4. The van der Waals surface area contributed by atoms with Gasteiger partial charge in [-0.3, -0.25) is 0 Å². The Morgan fingerprint density at radius 2 is 2.11 bits per heavy atom. The molecule has 0 atom stereocenters. The minimum absolute atomic E-state index is 0.0245. The summed E-state index contributed by atoms with van der Waals surface area (Å²) in [6, 6.07) is 5.17. The average Bonchev–Trinajstić information content (AvgIpc) is 2.27. The summed E-state index contributed by atoms with van der Waals surface area (Å²) in [5.41, 5.74) is 6.76. The summed E-state index contributed by atoms with van der Waals surface area (Å²) >= 11 is 10.9. The molecule has 0 saturated carbocycles. The quantitative estimate of drug-likeness (QED) is 0.772. The Kier molecular flexibility index (Phi) is 5.54. The first-order valence-corrected chi connectivity index (χ1v) is 7.87. The minimum Gasteiger partial charge on any atom is -0.389 e. The van der Waals surface area contributed by atoms with Crippen LogP contribution in [0, 0.1) is 0 Å². The molecule has 1 aromatic rings. The molecular weight excluding hydrogens is 306 g/mol. The van der Waals surface area contributed by atoms with Gasteiger partial charge in [0.25, 0.3) is 0 Å². The Balaban J connectivity index is 2.80. The number of nitrogens with two attached hydrogens (primary N) is 1. The van der Waals surface area contributed by atoms with Gasteiger partial charge in [0.05, 0.1) is 16.3 Å². The largest absolute Gasteiger partial charge is 0.389 e. The molecule has 0 aliphatic rings. The van der Waals surface area contributed by atoms with Gasteiger partial charge >= 0.3 is 0 Å². The number of thiocarbonyl (C=S) groups is 1. The highest BCUT2D eigenvalue weighted by molar-refractivity contribution is 7.89. The van der Waals surface area contributed by atoms with Crippen molar-refractivity contribution >= 4 is 44.5 Å². The van der Waals surface area contributed by atoms with Crippen molar-refractivity contribution < 1.29 is 8.42 Å². The molecule has 0 radical (unpaired) electrons. The SMILES string of the molecule is CN(C)S(=O)(=O)CCNc1cccc(Cl)c1C(N)=S. The fourth-order valence-electron chi connectivity index (χ4n) is 1.42. The molecule has 0 aromatic heterocycles. The zero-order valence-corrected chi connectivity index (χ0v) is 13.1. The second kappa shape index (κ2) is 6.51. The summed E-state index contributed by atoms with van der Waals surface area (Å²) < 4.78 is 24.4. The fourth-order valence-corrected chi connectivity index (χ4v) is 2.70. The maximum atomic E-state index is 11.6. The van der Waals surface area contributed by atoms with Crippen LogP contribution < -0.4 is 11.1 Å². The van der Waals surface area contributed by atoms with Crippen molar-refractivity contribution in [2.24, 2.45) is 5.73 Å². The van der Waals surface area contributed by atoms with Crippen molar-refractivity contribution in [3.8, 4) is 0 Å². The lowest BCUT2D eigenvalue weighted by Gasteiger charge is -2.14. The van der Waals surface area contributed by atoms with Crippen molar-refractivity contribution in [2.45, 2.75) is 0 Å². The lowest BCUT2D eigenvalue weighted by Crippen LogP contribution is -2.28. The van der Waals surface area contributed by atoms with Crippen LogP contribution in [0.4, 0.5) is 5.69 Å². The molecule has 0 saturated heterocycles. The molecular formula is C11H16ClN3O2S2. The molecule has 5 nitrogen and oxygen atoms in total. The first kappa shape index (κ1) is 16.2. The molecule has 8 heteroatoms. The van der Waals surface area contributed by atoms with E-state index in [4.69, 9.17) is 29.6 Å². The number of rotatable bonds is 6. The van der Waals surface area contributed by atoms with E-state index in [1.807, 2.05) is 0 Å². The molecule has 3 N–H and O–H groups in total. The fraction of sp³-hybridized carbons (Fsp3) is 0.364. The summed E-state index contributed by atoms with van der Waals surface area (Å²) in [5, 5.41) is 3.43. The predicted octanol–water partition coefficient (Wildman–Crippen LogP) is 1.28. The van der Waals surface area contributed by atoms with Crippen molar-refractivity contribution in [2.75, 3.05) is 31.7 Å². The number of nitrogens with one attached hydrogen (secondary N) is 1. The van der Waals surface area contributed by atoms with Gasteiger partial charge in [0.15, 0.2) is 0 Å². The van der Waals surface area contributed by atoms with E-state index in [1.54, 1.807) is 18.2 Å². The molecule has 0 fully saturated rings. The topological polar surface area (TPSA) is 75.4 Å². The maximum Gasteiger partial charge on any atom is 0.215 e. The number of anilines is 1. The zero-order valence-electron chi connectivity index (χ0n) is 10.7. The van der Waals surface area contributed by atoms with Gasteiger partial charge in [-0.15, -0.1) is 0 Å². The summed E-state index contributed by atoms with van der Waals surface area (Å²) in [4.78, 5) is 0.170. The summed E-state index contributed by atoms with van der Waals surface area (Å²) in [6.45, 7) is 0.246. The van der Waals surface area contributed by atoms with Crippen LogP contribution in [0.25, 0.3) is 0 Å². The molecule has 0 spiro atoms. The van der Waals surface area contributed by atoms with E-state index in [0.29, 0.717) is 16.3 Å². The van der Waals surface area contributed by atoms with Gasteiger partial charge in [0.2, 0.25) is 10.0 Å². The Labute approximate surface area is 123 Å². The maximum absolute atomic E-state index is 11.6. The highest BCUT2D eigenvalue weighted by atomic mass is 35.5. The first-order valence-electron chi connectivity index (χ1n) is 5.48. The molecule has 0 heterocycles. The van der Waals surface area contributed by atoms with Gasteiger partial charge < -0.3 is 11.1 Å². The van der Waals surface area contributed by atoms with E-state index >= 15 is 0 Å². The highest BCUT2D eigenvalue weighted by Gasteiger charge is 2.14. The second-order valence-corrected chi connectivity index (χ2v) is 7.20. The standard InChI is InChI=1S/C11H16ClN3O2S2/c1-15(2)19(16,17)7-6-14-9-5-3-4-8(12)10(9)11(13)18/h3-5,14H,6-7H2,1-2H3,(H2,13,18). The number of sulfonamides is 1. The average molecular weight is 322 g/mol. The molecule has 0 amide bonds. The summed E-state index contributed by atoms with van der Waals surface area (Å²) in [6.07, 6.45) is 0. The van der Waals surface area contributed by atoms with Crippen LogP contribution in [0.2, 0.25) is 5.02 Å². The van der Waals surface area contributed by atoms with E-state index < -0.39 is 10.0 Å². The Hall–Kier alpha value is -0.890. The predicted molar refractivity (Wildman–Crippen MR) is 83.3 cm³/mol. The van der Waals surface area contributed by atoms with Crippen molar-refractivity contribution in [3.05, 3.63) is 28.8 Å². The first-order chi connectivity index (χ1) is 8.75. The van der Waals surface area contributed by atoms with Crippen molar-refractivity contribution in [1.29, 1.82) is 0 Å². The third kappa shape index (κ3) is 4.31. The molecule has 0 bridgehead atoms. The molecule has 1 aromatic carbocycles. The van der Waals surface area contributed by atoms with Crippen LogP contribution >= 0.6 is 23.8 Å². The summed E-state index contributed by atoms with van der Waals surface area (Å²) in [5.74, 6) is -0.0245. The number of halogens is 1. The smallest absolute Gasteiger partial charge is 0.215 e. The van der Waals surface area contributed by atoms with Crippen LogP contribution in [0.15, 0.2) is 18.2 Å². The van der Waals surface area contributed by atoms with Gasteiger partial charge in [0.1, 0.15) is 4.99 Å². The van der Waals surface area contributed by atoms with E-state index in [0.717, 1.165) is 0 Å². The number of hydrogen-bond donors (Lipinski definition) is 2. The van der Waals surface area contributed by atoms with E-state index in [-0.39, 0.29) is 17.3 Å². The lowest BCUT2D eigenvalue weighted by molar-refractivity contribution is 0.521. The van der Waals surface area contributed by atoms with Gasteiger partial charge in [-0.25, -0.2) is 12.7 Å². The Morgan fingerprint density at radius 1 is 1.47 bits per heavy atom. The molecule has 0 aliphatic heterocycles. The monoisotopic (exact) mass is 321 g/mol. The minimum atomic E-state index is -3.24. The lowest BCUT2D eigenvalue weighted by atomic mass is 10.1. The third-order valence-electron chi connectivity index (χ3n) is 2.49. The molecule has 1 rings (SSSR count). The molecule has 19 heavy (non-hydrogen) atoms. The van der Waals surface area contributed by atoms with E-state index in [1.165, 1.54) is 18.4 Å². The highest BCUT2D eigenvalue weighted by Crippen LogP contribution is 2.24. The molecule has 106 valence electrons. The van der Waals surface area contributed by atoms with Gasteiger partial charge in [-0.2, -0.15) is 0 Å². The van der Waals surface area contributed by atoms with Crippen molar-refractivity contribution in [3.63, 3.8) is 0 Å². The van der Waals surface area contributed by atoms with Crippen molar-refractivity contribution in [1.82, 2.24) is 4.31 Å².